The lowest BCUT2D eigenvalue weighted by atomic mass is 9.91. The lowest BCUT2D eigenvalue weighted by Crippen LogP contribution is -2.10. The Morgan fingerprint density at radius 2 is 1.69 bits per heavy atom. The van der Waals surface area contributed by atoms with Crippen LogP contribution < -0.4 is 0 Å². The molecule has 128 valence electrons. The number of aromatic nitrogens is 1. The van der Waals surface area contributed by atoms with E-state index in [9.17, 15) is 4.79 Å². The number of fused-ring (bicyclic) bond motifs is 1. The first kappa shape index (κ1) is 16.3. The van der Waals surface area contributed by atoms with Gasteiger partial charge in [0.25, 0.3) is 0 Å². The highest BCUT2D eigenvalue weighted by atomic mass is 16.3. The maximum absolute atomic E-state index is 12.7. The Labute approximate surface area is 152 Å². The minimum atomic E-state index is -0.0358. The van der Waals surface area contributed by atoms with Crippen LogP contribution in [-0.2, 0) is 6.42 Å². The van der Waals surface area contributed by atoms with Gasteiger partial charge in [-0.1, -0.05) is 54.6 Å². The summed E-state index contributed by atoms with van der Waals surface area (Å²) in [7, 11) is 0. The molecule has 0 bridgehead atoms. The number of ketones is 1. The van der Waals surface area contributed by atoms with Crippen molar-refractivity contribution in [1.82, 2.24) is 4.98 Å². The first-order valence-electron chi connectivity index (χ1n) is 8.76. The van der Waals surface area contributed by atoms with Crippen LogP contribution in [0.2, 0.25) is 0 Å². The summed E-state index contributed by atoms with van der Waals surface area (Å²) >= 11 is 0. The Morgan fingerprint density at radius 3 is 2.50 bits per heavy atom. The summed E-state index contributed by atoms with van der Waals surface area (Å²) < 4.78 is 5.61. The third-order valence-corrected chi connectivity index (χ3v) is 4.58. The van der Waals surface area contributed by atoms with Crippen LogP contribution in [0.1, 0.15) is 34.2 Å². The van der Waals surface area contributed by atoms with Crippen molar-refractivity contribution >= 4 is 16.7 Å². The fourth-order valence-electron chi connectivity index (χ4n) is 3.24. The zero-order valence-corrected chi connectivity index (χ0v) is 14.3. The van der Waals surface area contributed by atoms with Crippen LogP contribution in [-0.4, -0.2) is 10.8 Å². The molecule has 1 unspecified atom stereocenters. The second kappa shape index (κ2) is 7.36. The summed E-state index contributed by atoms with van der Waals surface area (Å²) in [5, 5.41) is 1.12. The number of Topliss-reactive ketones (excluding diaryl/α,β-unsaturated/α-hetero) is 1. The molecule has 4 rings (SSSR count). The normalized spacial score (nSPS) is 12.2. The number of rotatable bonds is 6. The summed E-state index contributed by atoms with van der Waals surface area (Å²) in [6.45, 7) is 0. The molecular formula is C23H19NO2. The van der Waals surface area contributed by atoms with Crippen LogP contribution in [0.4, 0.5) is 0 Å². The Kier molecular flexibility index (Phi) is 4.61. The molecule has 0 amide bonds. The highest BCUT2D eigenvalue weighted by Crippen LogP contribution is 2.27. The van der Waals surface area contributed by atoms with Crippen molar-refractivity contribution in [2.24, 2.45) is 0 Å². The third-order valence-electron chi connectivity index (χ3n) is 4.58. The number of carbonyl (C=O) groups is 1. The van der Waals surface area contributed by atoms with E-state index in [4.69, 9.17) is 9.40 Å². The molecule has 0 spiro atoms. The second-order valence-electron chi connectivity index (χ2n) is 6.41. The van der Waals surface area contributed by atoms with E-state index in [1.54, 1.807) is 6.26 Å². The summed E-state index contributed by atoms with van der Waals surface area (Å²) in [6, 6.07) is 25.4. The third kappa shape index (κ3) is 3.57. The highest BCUT2D eigenvalue weighted by Gasteiger charge is 2.21. The number of furan rings is 1. The average molecular weight is 341 g/mol. The van der Waals surface area contributed by atoms with Crippen molar-refractivity contribution in [3.63, 3.8) is 0 Å². The molecule has 0 saturated carbocycles. The summed E-state index contributed by atoms with van der Waals surface area (Å²) in [5.41, 5.74) is 2.67. The van der Waals surface area contributed by atoms with Gasteiger partial charge in [-0.25, -0.2) is 0 Å². The van der Waals surface area contributed by atoms with Crippen molar-refractivity contribution in [2.45, 2.75) is 18.8 Å². The molecule has 0 aliphatic heterocycles. The number of para-hydroxylation sites is 1. The number of pyridine rings is 1. The maximum atomic E-state index is 12.7. The van der Waals surface area contributed by atoms with Gasteiger partial charge in [-0.15, -0.1) is 0 Å². The van der Waals surface area contributed by atoms with Crippen molar-refractivity contribution in [2.75, 3.05) is 0 Å². The van der Waals surface area contributed by atoms with E-state index >= 15 is 0 Å². The lowest BCUT2D eigenvalue weighted by molar-refractivity contribution is 0.0970. The first-order valence-corrected chi connectivity index (χ1v) is 8.76. The fourth-order valence-corrected chi connectivity index (χ4v) is 3.24. The number of hydrogen-bond acceptors (Lipinski definition) is 3. The second-order valence-corrected chi connectivity index (χ2v) is 6.41. The summed E-state index contributed by atoms with van der Waals surface area (Å²) in [5.74, 6) is 0.906. The zero-order chi connectivity index (χ0) is 17.8. The quantitative estimate of drug-likeness (QED) is 0.439. The Balaban J connectivity index is 1.60. The summed E-state index contributed by atoms with van der Waals surface area (Å²) in [4.78, 5) is 17.4. The maximum Gasteiger partial charge on any atom is 0.163 e. The molecule has 2 heterocycles. The van der Waals surface area contributed by atoms with Crippen LogP contribution in [0, 0.1) is 0 Å². The van der Waals surface area contributed by atoms with Gasteiger partial charge in [-0.05, 0) is 30.7 Å². The van der Waals surface area contributed by atoms with E-state index in [2.05, 4.69) is 12.1 Å². The molecule has 0 aliphatic carbocycles. The molecule has 1 atom stereocenters. The van der Waals surface area contributed by atoms with Gasteiger partial charge in [-0.3, -0.25) is 9.78 Å². The monoisotopic (exact) mass is 341 g/mol. The topological polar surface area (TPSA) is 43.1 Å². The van der Waals surface area contributed by atoms with Crippen molar-refractivity contribution in [1.29, 1.82) is 0 Å². The van der Waals surface area contributed by atoms with Crippen LogP contribution in [0.5, 0.6) is 0 Å². The van der Waals surface area contributed by atoms with Gasteiger partial charge in [-0.2, -0.15) is 0 Å². The van der Waals surface area contributed by atoms with E-state index in [-0.39, 0.29) is 11.7 Å². The van der Waals surface area contributed by atoms with Crippen molar-refractivity contribution in [3.05, 3.63) is 102 Å². The standard InChI is InChI=1S/C23H19NO2/c25-22(18-8-2-1-3-9-18)16-19(23-11-6-14-26-23)15-20-13-12-17-7-4-5-10-21(17)24-20/h1-14,19H,15-16H2. The number of nitrogens with zero attached hydrogens (tertiary/aromatic N) is 1. The SMILES string of the molecule is O=C(CC(Cc1ccc2ccccc2n1)c1ccco1)c1ccccc1. The Hall–Kier alpha value is -3.20. The largest absolute Gasteiger partial charge is 0.469 e. The molecule has 2 aromatic heterocycles. The zero-order valence-electron chi connectivity index (χ0n) is 14.3. The molecular weight excluding hydrogens is 322 g/mol. The molecule has 2 aromatic carbocycles. The molecule has 0 fully saturated rings. The number of benzene rings is 2. The predicted molar refractivity (Wildman–Crippen MR) is 102 cm³/mol. The van der Waals surface area contributed by atoms with E-state index in [0.717, 1.165) is 27.9 Å². The average Bonchev–Trinajstić information content (AvgIpc) is 3.23. The van der Waals surface area contributed by atoms with E-state index in [1.807, 2.05) is 66.7 Å². The van der Waals surface area contributed by atoms with Crippen LogP contribution in [0.3, 0.4) is 0 Å². The van der Waals surface area contributed by atoms with E-state index < -0.39 is 0 Å². The van der Waals surface area contributed by atoms with Crippen LogP contribution >= 0.6 is 0 Å². The first-order chi connectivity index (χ1) is 12.8. The van der Waals surface area contributed by atoms with E-state index in [1.165, 1.54) is 0 Å². The molecule has 0 saturated heterocycles. The van der Waals surface area contributed by atoms with Gasteiger partial charge in [0.15, 0.2) is 5.78 Å². The van der Waals surface area contributed by atoms with Crippen molar-refractivity contribution < 1.29 is 9.21 Å². The van der Waals surface area contributed by atoms with Crippen LogP contribution in [0.25, 0.3) is 10.9 Å². The van der Waals surface area contributed by atoms with Gasteiger partial charge in [0, 0.05) is 29.0 Å². The molecule has 3 heteroatoms. The Bertz CT molecular complexity index is 1010. The molecule has 0 radical (unpaired) electrons. The minimum Gasteiger partial charge on any atom is -0.469 e. The summed E-state index contributed by atoms with van der Waals surface area (Å²) in [6.07, 6.45) is 2.71. The van der Waals surface area contributed by atoms with Gasteiger partial charge < -0.3 is 4.42 Å². The molecule has 3 nitrogen and oxygen atoms in total. The minimum absolute atomic E-state index is 0.0358. The number of carbonyl (C=O) groups excluding carboxylic acids is 1. The highest BCUT2D eigenvalue weighted by molar-refractivity contribution is 5.96. The number of hydrogen-bond donors (Lipinski definition) is 0. The van der Waals surface area contributed by atoms with Gasteiger partial charge in [0.2, 0.25) is 0 Å². The predicted octanol–water partition coefficient (Wildman–Crippen LogP) is 5.43. The smallest absolute Gasteiger partial charge is 0.163 e. The van der Waals surface area contributed by atoms with Gasteiger partial charge in [0.05, 0.1) is 11.8 Å². The van der Waals surface area contributed by atoms with Gasteiger partial charge >= 0.3 is 0 Å². The molecule has 4 aromatic rings. The van der Waals surface area contributed by atoms with Crippen LogP contribution in [0.15, 0.2) is 89.5 Å². The lowest BCUT2D eigenvalue weighted by Gasteiger charge is -2.14. The molecule has 0 N–H and O–H groups in total. The Morgan fingerprint density at radius 1 is 0.885 bits per heavy atom. The molecule has 26 heavy (non-hydrogen) atoms. The van der Waals surface area contributed by atoms with Gasteiger partial charge in [0.1, 0.15) is 5.76 Å². The molecule has 0 aliphatic rings. The van der Waals surface area contributed by atoms with Crippen molar-refractivity contribution in [3.8, 4) is 0 Å². The fraction of sp³-hybridized carbons (Fsp3) is 0.130. The van der Waals surface area contributed by atoms with E-state index in [0.29, 0.717) is 12.8 Å².